The predicted molar refractivity (Wildman–Crippen MR) is 85.4 cm³/mol. The van der Waals surface area contributed by atoms with Gasteiger partial charge in [0.15, 0.2) is 0 Å². The first-order valence-electron chi connectivity index (χ1n) is 5.44. The third kappa shape index (κ3) is 4.97. The Morgan fingerprint density at radius 3 is 2.00 bits per heavy atom. The van der Waals surface area contributed by atoms with Gasteiger partial charge in [-0.2, -0.15) is 0 Å². The molecule has 0 aromatic heterocycles. The Morgan fingerprint density at radius 1 is 1.13 bits per heavy atom. The van der Waals surface area contributed by atoms with E-state index in [1.54, 1.807) is 0 Å². The van der Waals surface area contributed by atoms with Crippen LogP contribution in [-0.2, 0) is 0 Å². The number of hydrogen-bond donors (Lipinski definition) is 0. The Hall–Kier alpha value is 2.55. The van der Waals surface area contributed by atoms with Crippen LogP contribution in [0, 0.1) is 0 Å². The van der Waals surface area contributed by atoms with Crippen LogP contribution in [0.1, 0.15) is 26.2 Å². The van der Waals surface area contributed by atoms with Crippen LogP contribution in [0.2, 0.25) is 0 Å². The van der Waals surface area contributed by atoms with E-state index in [9.17, 15) is 0 Å². The second kappa shape index (κ2) is 7.87. The van der Waals surface area contributed by atoms with Crippen molar-refractivity contribution in [2.75, 3.05) is 17.3 Å². The van der Waals surface area contributed by atoms with Gasteiger partial charge in [0.1, 0.15) is 0 Å². The molecule has 0 amide bonds. The van der Waals surface area contributed by atoms with Crippen molar-refractivity contribution in [2.45, 2.75) is 35.4 Å². The zero-order valence-corrected chi connectivity index (χ0v) is 15.9. The van der Waals surface area contributed by atoms with Crippen LogP contribution < -0.4 is 0 Å². The molecule has 2 fully saturated rings. The molecule has 0 saturated carbocycles. The van der Waals surface area contributed by atoms with Crippen LogP contribution in [0.15, 0.2) is 0 Å². The number of hydrogen-bond acceptors (Lipinski definition) is 5. The Balaban J connectivity index is 1.67. The zero-order valence-electron chi connectivity index (χ0n) is 8.94. The summed E-state index contributed by atoms with van der Waals surface area (Å²) in [5, 5.41) is 0. The maximum absolute atomic E-state index is 2.42. The summed E-state index contributed by atoms with van der Waals surface area (Å²) < 4.78 is 2.00. The van der Waals surface area contributed by atoms with Crippen LogP contribution in [-0.4, -0.2) is 42.0 Å². The van der Waals surface area contributed by atoms with Crippen LogP contribution in [0.4, 0.5) is 0 Å². The van der Waals surface area contributed by atoms with Gasteiger partial charge in [0.05, 0.1) is 0 Å². The van der Waals surface area contributed by atoms with E-state index in [1.807, 2.05) is 0 Å². The summed E-state index contributed by atoms with van der Waals surface area (Å²) in [7, 11) is 7.22. The molecule has 6 heteroatoms. The van der Waals surface area contributed by atoms with Crippen molar-refractivity contribution in [3.63, 3.8) is 0 Å². The van der Waals surface area contributed by atoms with E-state index in [-0.39, 0.29) is 0 Å². The molecule has 0 spiro atoms. The second-order valence-electron chi connectivity index (χ2n) is 3.51. The third-order valence-corrected chi connectivity index (χ3v) is 35.3. The summed E-state index contributed by atoms with van der Waals surface area (Å²) in [4.78, 5) is 0. The summed E-state index contributed by atoms with van der Waals surface area (Å²) in [5.74, 6) is 4.27. The van der Waals surface area contributed by atoms with E-state index in [1.165, 1.54) is 36.5 Å². The fourth-order valence-electron chi connectivity index (χ4n) is 1.11. The van der Waals surface area contributed by atoms with Crippen molar-refractivity contribution in [1.29, 1.82) is 0 Å². The zero-order chi connectivity index (χ0) is 10.5. The van der Waals surface area contributed by atoms with Crippen molar-refractivity contribution in [3.05, 3.63) is 0 Å². The molecule has 2 rings (SSSR count). The molecule has 2 unspecified atom stereocenters. The van der Waals surface area contributed by atoms with E-state index in [4.69, 9.17) is 0 Å². The predicted octanol–water partition coefficient (Wildman–Crippen LogP) is 4.51. The van der Waals surface area contributed by atoms with Gasteiger partial charge >= 0.3 is 119 Å². The Labute approximate surface area is 117 Å². The fraction of sp³-hybridized carbons (Fsp3) is 1.00. The van der Waals surface area contributed by atoms with Crippen LogP contribution in [0.5, 0.6) is 0 Å². The standard InChI is InChI=1S/2C3H6S2.C3H8S.Sn/c2*4-3-1-2-5-3;1-2-3-4;/h2*3-4H,1-2H2;4H,2-3H2,1H3;/q;;;+3/p-3. The van der Waals surface area contributed by atoms with Crippen molar-refractivity contribution in [2.24, 2.45) is 0 Å². The Kier molecular flexibility index (Phi) is 7.33. The average molecular weight is 404 g/mol. The van der Waals surface area contributed by atoms with E-state index >= 15 is 0 Å². The van der Waals surface area contributed by atoms with Crippen molar-refractivity contribution in [3.8, 4) is 0 Å². The van der Waals surface area contributed by atoms with Crippen LogP contribution in [0.25, 0.3) is 0 Å². The topological polar surface area (TPSA) is 0 Å². The summed E-state index contributed by atoms with van der Waals surface area (Å²) >= 11 is 3.22. The van der Waals surface area contributed by atoms with Gasteiger partial charge < -0.3 is 0 Å². The minimum atomic E-state index is -1.17. The van der Waals surface area contributed by atoms with E-state index in [2.05, 4.69) is 57.3 Å². The molecular weight excluding hydrogens is 387 g/mol. The molecule has 0 aromatic rings. The average Bonchev–Trinajstić information content (AvgIpc) is 2.11. The molecule has 1 radical (unpaired) electrons. The summed E-state index contributed by atoms with van der Waals surface area (Å²) in [6, 6.07) is 0. The van der Waals surface area contributed by atoms with E-state index in [0.29, 0.717) is 0 Å². The van der Waals surface area contributed by atoms with Crippen molar-refractivity contribution >= 4 is 66.0 Å². The SMILES string of the molecule is CCC[S][Sn]([S]C1CCS1)[S]C1CCS1. The van der Waals surface area contributed by atoms with Gasteiger partial charge in [-0.15, -0.1) is 0 Å². The fourth-order valence-corrected chi connectivity index (χ4v) is 44.2. The van der Waals surface area contributed by atoms with E-state index in [0.717, 1.165) is 9.16 Å². The molecule has 2 aliphatic heterocycles. The van der Waals surface area contributed by atoms with Gasteiger partial charge in [0, 0.05) is 0 Å². The van der Waals surface area contributed by atoms with E-state index < -0.39 is 15.6 Å². The maximum atomic E-state index is 2.42. The molecule has 2 saturated heterocycles. The number of rotatable bonds is 7. The summed E-state index contributed by atoms with van der Waals surface area (Å²) in [5.41, 5.74) is 0. The first-order chi connectivity index (χ1) is 7.38. The van der Waals surface area contributed by atoms with Crippen LogP contribution >= 0.6 is 50.4 Å². The molecular formula is C9H17S5Sn. The molecule has 87 valence electrons. The first kappa shape index (κ1) is 14.0. The molecule has 0 aliphatic carbocycles. The van der Waals surface area contributed by atoms with Gasteiger partial charge in [-0.05, 0) is 0 Å². The van der Waals surface area contributed by atoms with Gasteiger partial charge in [-0.1, -0.05) is 0 Å². The summed E-state index contributed by atoms with van der Waals surface area (Å²) in [6.45, 7) is 2.32. The minimum absolute atomic E-state index is 1.00. The molecule has 2 heterocycles. The van der Waals surface area contributed by atoms with Gasteiger partial charge in [-0.3, -0.25) is 0 Å². The molecule has 2 aliphatic rings. The molecule has 0 aromatic carbocycles. The molecule has 0 N–H and O–H groups in total. The normalized spacial score (nSPS) is 30.0. The molecule has 15 heavy (non-hydrogen) atoms. The molecule has 0 bridgehead atoms. The Bertz CT molecular complexity index is 167. The van der Waals surface area contributed by atoms with Crippen molar-refractivity contribution in [1.82, 2.24) is 0 Å². The van der Waals surface area contributed by atoms with Crippen LogP contribution in [0.3, 0.4) is 0 Å². The monoisotopic (exact) mass is 405 g/mol. The molecule has 2 atom stereocenters. The summed E-state index contributed by atoms with van der Waals surface area (Å²) in [6.07, 6.45) is 4.35. The van der Waals surface area contributed by atoms with Gasteiger partial charge in [0.2, 0.25) is 0 Å². The van der Waals surface area contributed by atoms with Gasteiger partial charge in [-0.25, -0.2) is 0 Å². The first-order valence-corrected chi connectivity index (χ1v) is 20.8. The Morgan fingerprint density at radius 2 is 1.67 bits per heavy atom. The van der Waals surface area contributed by atoms with Gasteiger partial charge in [0.25, 0.3) is 0 Å². The third-order valence-electron chi connectivity index (χ3n) is 2.19. The second-order valence-corrected chi connectivity index (χ2v) is 30.4. The van der Waals surface area contributed by atoms with Crippen molar-refractivity contribution < 1.29 is 0 Å². The quantitative estimate of drug-likeness (QED) is 0.571. The molecule has 0 nitrogen and oxygen atoms in total. The number of thioether (sulfide) groups is 2.